The maximum Gasteiger partial charge on any atom is 0.234 e. The number of anilines is 2. The lowest BCUT2D eigenvalue weighted by Gasteiger charge is -2.46. The quantitative estimate of drug-likeness (QED) is 0.198. The number of amides is 3. The first-order valence-electron chi connectivity index (χ1n) is 20.7. The van der Waals surface area contributed by atoms with Crippen LogP contribution >= 0.6 is 0 Å². The summed E-state index contributed by atoms with van der Waals surface area (Å²) in [5.41, 5.74) is 4.79. The minimum Gasteiger partial charge on any atom is -0.507 e. The number of rotatable bonds is 10. The molecule has 4 saturated heterocycles. The van der Waals surface area contributed by atoms with Gasteiger partial charge in [-0.2, -0.15) is 10.2 Å². The van der Waals surface area contributed by atoms with Crippen LogP contribution in [0.1, 0.15) is 74.8 Å². The van der Waals surface area contributed by atoms with E-state index in [9.17, 15) is 19.5 Å². The lowest BCUT2D eigenvalue weighted by molar-refractivity contribution is -0.140. The lowest BCUT2D eigenvalue weighted by Crippen LogP contribution is -2.56. The van der Waals surface area contributed by atoms with Gasteiger partial charge in [-0.3, -0.25) is 24.7 Å². The summed E-state index contributed by atoms with van der Waals surface area (Å²) in [7, 11) is 2.01. The van der Waals surface area contributed by atoms with E-state index in [-0.39, 0.29) is 35.4 Å². The number of aromatic hydroxyl groups is 1. The first-order chi connectivity index (χ1) is 27.8. The highest BCUT2D eigenvalue weighted by Gasteiger charge is 2.46. The zero-order chi connectivity index (χ0) is 39.4. The van der Waals surface area contributed by atoms with Crippen LogP contribution in [0, 0.1) is 5.92 Å². The molecule has 57 heavy (non-hydrogen) atoms. The number of nitrogens with zero attached hydrogens (tertiary/aromatic N) is 7. The molecular formula is C45H54N8O4. The van der Waals surface area contributed by atoms with E-state index in [2.05, 4.69) is 64.4 Å². The molecule has 0 radical (unpaired) electrons. The van der Waals surface area contributed by atoms with E-state index in [0.29, 0.717) is 55.9 Å². The van der Waals surface area contributed by atoms with Gasteiger partial charge in [0.05, 0.1) is 28.9 Å². The molecule has 2 N–H and O–H groups in total. The van der Waals surface area contributed by atoms with Gasteiger partial charge >= 0.3 is 0 Å². The SMILES string of the molecule is CN(C(=O)C1(c2ccncc2)CCN(c2cnnc(-c3ccccc3O)c2)CC1)C1CCN(CCC2CCN(c3ccc([C@H]4CCC(=O)NC4=O)cc3)CC2)CC1. The van der Waals surface area contributed by atoms with Crippen LogP contribution in [0.2, 0.25) is 0 Å². The Kier molecular flexibility index (Phi) is 11.5. The monoisotopic (exact) mass is 770 g/mol. The van der Waals surface area contributed by atoms with Gasteiger partial charge in [-0.1, -0.05) is 24.3 Å². The van der Waals surface area contributed by atoms with E-state index in [1.54, 1.807) is 30.7 Å². The van der Waals surface area contributed by atoms with Gasteiger partial charge in [0.2, 0.25) is 17.7 Å². The van der Waals surface area contributed by atoms with E-state index < -0.39 is 5.41 Å². The first kappa shape index (κ1) is 38.5. The molecule has 298 valence electrons. The van der Waals surface area contributed by atoms with Crippen molar-refractivity contribution in [2.45, 2.75) is 75.2 Å². The zero-order valence-electron chi connectivity index (χ0n) is 32.9. The molecule has 1 atom stereocenters. The molecule has 4 aromatic rings. The minimum atomic E-state index is -0.628. The number of nitrogens with one attached hydrogen (secondary N) is 1. The number of benzene rings is 2. The standard InChI is InChI=1S/C45H54N8O4/c1-50(44(57)45(34-12-21-46-22-13-34)19-28-53(29-20-45)37-30-40(49-47-31-37)39-4-2-3-5-41(39)54)35-17-24-51(25-18-35)23-14-32-15-26-52(27-16-32)36-8-6-33(7-9-36)38-10-11-42(55)48-43(38)56/h2-9,12-13,21-22,30-32,35,38,54H,10-11,14-20,23-29H2,1H3,(H,48,55,56)/t38-/m1/s1. The summed E-state index contributed by atoms with van der Waals surface area (Å²) < 4.78 is 0. The van der Waals surface area contributed by atoms with Crippen molar-refractivity contribution in [2.75, 3.05) is 62.7 Å². The van der Waals surface area contributed by atoms with E-state index in [4.69, 9.17) is 0 Å². The maximum atomic E-state index is 14.7. The van der Waals surface area contributed by atoms with Crippen molar-refractivity contribution >= 4 is 29.1 Å². The molecule has 4 aliphatic heterocycles. The number of phenols is 1. The van der Waals surface area contributed by atoms with Crippen molar-refractivity contribution in [3.8, 4) is 17.0 Å². The van der Waals surface area contributed by atoms with Crippen LogP contribution in [0.4, 0.5) is 11.4 Å². The zero-order valence-corrected chi connectivity index (χ0v) is 32.9. The summed E-state index contributed by atoms with van der Waals surface area (Å²) in [6, 6.07) is 21.7. The number of pyridine rings is 1. The van der Waals surface area contributed by atoms with Crippen LogP contribution in [-0.2, 0) is 19.8 Å². The third-order valence-corrected chi connectivity index (χ3v) is 13.2. The molecule has 4 aliphatic rings. The van der Waals surface area contributed by atoms with Gasteiger partial charge in [-0.15, -0.1) is 0 Å². The van der Waals surface area contributed by atoms with Crippen LogP contribution in [0.3, 0.4) is 0 Å². The molecule has 0 unspecified atom stereocenters. The summed E-state index contributed by atoms with van der Waals surface area (Å²) in [5.74, 6) is 0.468. The van der Waals surface area contributed by atoms with Crippen LogP contribution in [0.25, 0.3) is 11.3 Å². The number of likely N-dealkylation sites (tertiary alicyclic amines) is 1. The van der Waals surface area contributed by atoms with Gasteiger partial charge in [0.25, 0.3) is 0 Å². The van der Waals surface area contributed by atoms with Crippen LogP contribution in [0.15, 0.2) is 85.3 Å². The molecule has 8 rings (SSSR count). The molecule has 0 bridgehead atoms. The largest absolute Gasteiger partial charge is 0.507 e. The van der Waals surface area contributed by atoms with Crippen LogP contribution in [-0.4, -0.2) is 107 Å². The lowest BCUT2D eigenvalue weighted by atomic mass is 9.71. The van der Waals surface area contributed by atoms with Gasteiger partial charge in [-0.05, 0) is 117 Å². The number of aromatic nitrogens is 3. The van der Waals surface area contributed by atoms with Gasteiger partial charge in [-0.25, -0.2) is 0 Å². The number of carbonyl (C=O) groups excluding carboxylic acids is 3. The molecule has 2 aromatic heterocycles. The van der Waals surface area contributed by atoms with E-state index >= 15 is 0 Å². The normalized spacial score (nSPS) is 21.0. The van der Waals surface area contributed by atoms with Crippen molar-refractivity contribution in [2.24, 2.45) is 5.92 Å². The van der Waals surface area contributed by atoms with Crippen molar-refractivity contribution in [1.82, 2.24) is 30.3 Å². The third-order valence-electron chi connectivity index (χ3n) is 13.2. The van der Waals surface area contributed by atoms with Gasteiger partial charge in [0, 0.05) is 82.4 Å². The molecule has 12 heteroatoms. The Labute approximate surface area is 335 Å². The molecule has 0 aliphatic carbocycles. The number of carbonyl (C=O) groups is 3. The Hall–Kier alpha value is -5.36. The smallest absolute Gasteiger partial charge is 0.234 e. The third kappa shape index (κ3) is 8.37. The van der Waals surface area contributed by atoms with Gasteiger partial charge in [0.15, 0.2) is 0 Å². The summed E-state index contributed by atoms with van der Waals surface area (Å²) in [6.45, 7) is 6.57. The topological polar surface area (TPSA) is 135 Å². The second-order valence-electron chi connectivity index (χ2n) is 16.4. The van der Waals surface area contributed by atoms with Crippen LogP contribution < -0.4 is 15.1 Å². The molecule has 0 saturated carbocycles. The second-order valence-corrected chi connectivity index (χ2v) is 16.4. The number of imide groups is 1. The van der Waals surface area contributed by atoms with E-state index in [1.807, 2.05) is 37.4 Å². The van der Waals surface area contributed by atoms with Gasteiger partial charge in [0.1, 0.15) is 5.75 Å². The fourth-order valence-corrected chi connectivity index (χ4v) is 9.60. The molecule has 0 spiro atoms. The molecule has 4 fully saturated rings. The summed E-state index contributed by atoms with van der Waals surface area (Å²) in [4.78, 5) is 52.2. The number of hydrogen-bond acceptors (Lipinski definition) is 10. The fourth-order valence-electron chi connectivity index (χ4n) is 9.60. The highest BCUT2D eigenvalue weighted by atomic mass is 16.3. The minimum absolute atomic E-state index is 0.172. The molecular weight excluding hydrogens is 717 g/mol. The number of para-hydroxylation sites is 1. The predicted octanol–water partition coefficient (Wildman–Crippen LogP) is 5.53. The first-order valence-corrected chi connectivity index (χ1v) is 20.7. The molecule has 12 nitrogen and oxygen atoms in total. The molecule has 6 heterocycles. The van der Waals surface area contributed by atoms with E-state index in [1.165, 1.54) is 24.9 Å². The number of piperidine rings is 4. The Morgan fingerprint density at radius 1 is 0.860 bits per heavy atom. The second kappa shape index (κ2) is 17.0. The van der Waals surface area contributed by atoms with E-state index in [0.717, 1.165) is 62.4 Å². The predicted molar refractivity (Wildman–Crippen MR) is 220 cm³/mol. The Morgan fingerprint density at radius 3 is 2.26 bits per heavy atom. The maximum absolute atomic E-state index is 14.7. The summed E-state index contributed by atoms with van der Waals surface area (Å²) >= 11 is 0. The van der Waals surface area contributed by atoms with Crippen molar-refractivity contribution < 1.29 is 19.5 Å². The average Bonchev–Trinajstić information content (AvgIpc) is 3.26. The van der Waals surface area contributed by atoms with Gasteiger partial charge < -0.3 is 24.7 Å². The number of hydrogen-bond donors (Lipinski definition) is 2. The number of likely N-dealkylation sites (N-methyl/N-ethyl adjacent to an activating group) is 1. The Bertz CT molecular complexity index is 2020. The average molecular weight is 771 g/mol. The Morgan fingerprint density at radius 2 is 1.56 bits per heavy atom. The number of phenolic OH excluding ortho intramolecular Hbond substituents is 1. The summed E-state index contributed by atoms with van der Waals surface area (Å²) in [6.07, 6.45) is 13.2. The summed E-state index contributed by atoms with van der Waals surface area (Å²) in [5, 5.41) is 21.4. The fraction of sp³-hybridized carbons (Fsp3) is 0.467. The van der Waals surface area contributed by atoms with Crippen molar-refractivity contribution in [1.29, 1.82) is 0 Å². The highest BCUT2D eigenvalue weighted by Crippen LogP contribution is 2.40. The Balaban J connectivity index is 0.818. The van der Waals surface area contributed by atoms with Crippen LogP contribution in [0.5, 0.6) is 5.75 Å². The highest BCUT2D eigenvalue weighted by molar-refractivity contribution is 6.01. The molecule has 2 aromatic carbocycles. The molecule has 3 amide bonds. The van der Waals surface area contributed by atoms with Crippen molar-refractivity contribution in [3.63, 3.8) is 0 Å². The van der Waals surface area contributed by atoms with Crippen molar-refractivity contribution in [3.05, 3.63) is 96.4 Å².